The van der Waals surface area contributed by atoms with Gasteiger partial charge in [0, 0.05) is 19.7 Å². The second-order valence-corrected chi connectivity index (χ2v) is 7.86. The Morgan fingerprint density at radius 3 is 2.39 bits per heavy atom. The van der Waals surface area contributed by atoms with Crippen molar-refractivity contribution in [3.05, 3.63) is 59.3 Å². The third kappa shape index (κ3) is 7.58. The Labute approximate surface area is 169 Å². The zero-order chi connectivity index (χ0) is 21.3. The van der Waals surface area contributed by atoms with Crippen molar-refractivity contribution in [2.24, 2.45) is 0 Å². The smallest absolute Gasteiger partial charge is 0.409 e. The van der Waals surface area contributed by atoms with E-state index < -0.39 is 0 Å². The molecular weight excluding hydrogens is 352 g/mol. The number of allylic oxidation sites excluding steroid dienone is 5. The Bertz CT molecular complexity index is 741. The highest BCUT2D eigenvalue weighted by atomic mass is 16.6. The third-order valence-electron chi connectivity index (χ3n) is 4.19. The number of carbonyl (C=O) groups is 1. The second-order valence-electron chi connectivity index (χ2n) is 7.86. The van der Waals surface area contributed by atoms with Crippen molar-refractivity contribution in [2.45, 2.75) is 45.6 Å². The Balaban J connectivity index is 0.000000336. The molecule has 0 bridgehead atoms. The first-order chi connectivity index (χ1) is 13.1. The van der Waals surface area contributed by atoms with Gasteiger partial charge in [0.1, 0.15) is 5.60 Å². The quantitative estimate of drug-likeness (QED) is 0.679. The minimum Gasteiger partial charge on any atom is -0.444 e. The van der Waals surface area contributed by atoms with E-state index >= 15 is 0 Å². The van der Waals surface area contributed by atoms with Crippen molar-refractivity contribution >= 4 is 6.09 Å². The normalized spacial score (nSPS) is 16.6. The van der Waals surface area contributed by atoms with E-state index in [9.17, 15) is 4.79 Å². The van der Waals surface area contributed by atoms with Crippen molar-refractivity contribution in [3.8, 4) is 6.07 Å². The molecular formula is C23H32N2O3. The van der Waals surface area contributed by atoms with Gasteiger partial charge in [-0.1, -0.05) is 25.3 Å². The van der Waals surface area contributed by atoms with Crippen molar-refractivity contribution in [2.75, 3.05) is 27.3 Å². The van der Waals surface area contributed by atoms with Gasteiger partial charge in [-0.25, -0.2) is 4.79 Å². The van der Waals surface area contributed by atoms with Gasteiger partial charge in [-0.3, -0.25) is 0 Å². The van der Waals surface area contributed by atoms with Crippen LogP contribution in [0.3, 0.4) is 0 Å². The van der Waals surface area contributed by atoms with E-state index in [-0.39, 0.29) is 11.7 Å². The van der Waals surface area contributed by atoms with Gasteiger partial charge >= 0.3 is 6.09 Å². The standard InChI is InChI=1S/C16H17NO.C7H15NO2/c1-3-14-11-18-9-8-16(14)12(2)15-6-4-13(10-17)5-7-15;1-7(2,3)10-6(9)8(4)5/h3-4,6H,1-2,5,7-9,11H2;1-5H3. The Morgan fingerprint density at radius 1 is 1.29 bits per heavy atom. The van der Waals surface area contributed by atoms with Crippen LogP contribution in [0.1, 0.15) is 40.0 Å². The molecule has 0 aromatic rings. The monoisotopic (exact) mass is 384 g/mol. The van der Waals surface area contributed by atoms with Gasteiger partial charge in [-0.05, 0) is 68.4 Å². The van der Waals surface area contributed by atoms with Crippen LogP contribution in [0.4, 0.5) is 4.79 Å². The van der Waals surface area contributed by atoms with Crippen molar-refractivity contribution in [1.29, 1.82) is 5.26 Å². The van der Waals surface area contributed by atoms with Gasteiger partial charge in [-0.2, -0.15) is 5.26 Å². The molecule has 0 aromatic heterocycles. The summed E-state index contributed by atoms with van der Waals surface area (Å²) in [6.07, 6.45) is 8.09. The molecule has 2 aliphatic rings. The third-order valence-corrected chi connectivity index (χ3v) is 4.19. The summed E-state index contributed by atoms with van der Waals surface area (Å²) in [5.41, 5.74) is 5.17. The molecule has 1 heterocycles. The van der Waals surface area contributed by atoms with E-state index in [0.717, 1.165) is 42.6 Å². The van der Waals surface area contributed by atoms with Gasteiger partial charge in [0.2, 0.25) is 0 Å². The lowest BCUT2D eigenvalue weighted by Gasteiger charge is -2.23. The first kappa shape index (κ1) is 23.5. The van der Waals surface area contributed by atoms with Crippen molar-refractivity contribution < 1.29 is 14.3 Å². The van der Waals surface area contributed by atoms with Crippen LogP contribution in [0, 0.1) is 11.3 Å². The van der Waals surface area contributed by atoms with Crippen LogP contribution in [-0.2, 0) is 9.47 Å². The summed E-state index contributed by atoms with van der Waals surface area (Å²) in [5.74, 6) is 0. The number of ether oxygens (including phenoxy) is 2. The zero-order valence-electron chi connectivity index (χ0n) is 17.8. The van der Waals surface area contributed by atoms with Gasteiger partial charge in [0.25, 0.3) is 0 Å². The van der Waals surface area contributed by atoms with E-state index in [1.807, 2.05) is 39.0 Å². The molecule has 1 aliphatic carbocycles. The summed E-state index contributed by atoms with van der Waals surface area (Å²) in [5, 5.41) is 8.84. The molecule has 0 radical (unpaired) electrons. The molecule has 1 aliphatic heterocycles. The number of hydrogen-bond donors (Lipinski definition) is 0. The van der Waals surface area contributed by atoms with Crippen LogP contribution >= 0.6 is 0 Å². The van der Waals surface area contributed by atoms with Gasteiger partial charge in [0.15, 0.2) is 0 Å². The molecule has 0 atom stereocenters. The van der Waals surface area contributed by atoms with Gasteiger partial charge in [0.05, 0.1) is 19.3 Å². The maximum Gasteiger partial charge on any atom is 0.409 e. The molecule has 0 N–H and O–H groups in total. The van der Waals surface area contributed by atoms with Crippen LogP contribution in [0.5, 0.6) is 0 Å². The number of nitriles is 1. The van der Waals surface area contributed by atoms with Gasteiger partial charge < -0.3 is 14.4 Å². The van der Waals surface area contributed by atoms with E-state index in [4.69, 9.17) is 14.7 Å². The average molecular weight is 385 g/mol. The van der Waals surface area contributed by atoms with E-state index in [0.29, 0.717) is 6.61 Å². The lowest BCUT2D eigenvalue weighted by molar-refractivity contribution is 0.0341. The predicted octanol–water partition coefficient (Wildman–Crippen LogP) is 5.10. The average Bonchev–Trinajstić information content (AvgIpc) is 2.66. The first-order valence-corrected chi connectivity index (χ1v) is 9.41. The molecule has 0 spiro atoms. The van der Waals surface area contributed by atoms with Crippen molar-refractivity contribution in [3.63, 3.8) is 0 Å². The highest BCUT2D eigenvalue weighted by Crippen LogP contribution is 2.32. The van der Waals surface area contributed by atoms with Crippen LogP contribution < -0.4 is 0 Å². The zero-order valence-corrected chi connectivity index (χ0v) is 17.8. The summed E-state index contributed by atoms with van der Waals surface area (Å²) in [7, 11) is 3.32. The van der Waals surface area contributed by atoms with Crippen LogP contribution in [-0.4, -0.2) is 43.9 Å². The highest BCUT2D eigenvalue weighted by molar-refractivity contribution is 5.67. The molecule has 0 saturated heterocycles. The minimum absolute atomic E-state index is 0.299. The Hall–Kier alpha value is -2.58. The number of hydrogen-bond acceptors (Lipinski definition) is 4. The van der Waals surface area contributed by atoms with E-state index in [2.05, 4.69) is 19.2 Å². The van der Waals surface area contributed by atoms with Gasteiger partial charge in [-0.15, -0.1) is 0 Å². The second kappa shape index (κ2) is 10.7. The lowest BCUT2D eigenvalue weighted by Crippen LogP contribution is -2.31. The summed E-state index contributed by atoms with van der Waals surface area (Å²) >= 11 is 0. The Morgan fingerprint density at radius 2 is 1.96 bits per heavy atom. The maximum absolute atomic E-state index is 10.9. The molecule has 0 fully saturated rings. The SMILES string of the molecule is C=CC1=C(C(=C)C2=CC=C(C#N)CC2)CCOC1.CN(C)C(=O)OC(C)(C)C. The number of nitrogens with zero attached hydrogens (tertiary/aromatic N) is 2. The number of rotatable bonds is 3. The molecule has 0 unspecified atom stereocenters. The molecule has 1 amide bonds. The topological polar surface area (TPSA) is 62.6 Å². The van der Waals surface area contributed by atoms with Crippen LogP contribution in [0.2, 0.25) is 0 Å². The molecule has 5 heteroatoms. The Kier molecular flexibility index (Phi) is 8.94. The minimum atomic E-state index is -0.388. The fourth-order valence-corrected chi connectivity index (χ4v) is 2.66. The molecule has 152 valence electrons. The molecule has 2 rings (SSSR count). The lowest BCUT2D eigenvalue weighted by atomic mass is 9.86. The summed E-state index contributed by atoms with van der Waals surface area (Å²) in [4.78, 5) is 12.3. The predicted molar refractivity (Wildman–Crippen MR) is 113 cm³/mol. The highest BCUT2D eigenvalue weighted by Gasteiger charge is 2.18. The molecule has 0 saturated carbocycles. The van der Waals surface area contributed by atoms with Crippen LogP contribution in [0.25, 0.3) is 0 Å². The van der Waals surface area contributed by atoms with E-state index in [1.54, 1.807) is 14.1 Å². The molecule has 0 aromatic carbocycles. The first-order valence-electron chi connectivity index (χ1n) is 9.41. The molecule has 5 nitrogen and oxygen atoms in total. The summed E-state index contributed by atoms with van der Waals surface area (Å²) in [6, 6.07) is 2.20. The van der Waals surface area contributed by atoms with Crippen LogP contribution in [0.15, 0.2) is 59.3 Å². The molecule has 28 heavy (non-hydrogen) atoms. The van der Waals surface area contributed by atoms with E-state index in [1.165, 1.54) is 16.0 Å². The summed E-state index contributed by atoms with van der Waals surface area (Å²) < 4.78 is 10.4. The fraction of sp³-hybridized carbons (Fsp3) is 0.478. The fourth-order valence-electron chi connectivity index (χ4n) is 2.66. The number of carbonyl (C=O) groups excluding carboxylic acids is 1. The summed E-state index contributed by atoms with van der Waals surface area (Å²) in [6.45, 7) is 14.9. The van der Waals surface area contributed by atoms with Crippen molar-refractivity contribution in [1.82, 2.24) is 4.90 Å². The largest absolute Gasteiger partial charge is 0.444 e. The maximum atomic E-state index is 10.9. The number of amides is 1.